The largest absolute Gasteiger partial charge is 0.389 e. The first-order valence-electron chi connectivity index (χ1n) is 7.20. The van der Waals surface area contributed by atoms with Gasteiger partial charge < -0.3 is 20.1 Å². The molecule has 120 valence electrons. The van der Waals surface area contributed by atoms with E-state index in [0.717, 1.165) is 12.1 Å². The summed E-state index contributed by atoms with van der Waals surface area (Å²) < 4.78 is 5.51. The normalized spacial score (nSPS) is 13.7. The van der Waals surface area contributed by atoms with Crippen LogP contribution in [0.15, 0.2) is 24.3 Å². The van der Waals surface area contributed by atoms with Crippen molar-refractivity contribution in [3.8, 4) is 0 Å². The van der Waals surface area contributed by atoms with Crippen LogP contribution in [0.5, 0.6) is 0 Å². The molecule has 1 aromatic rings. The standard InChI is InChI=1S/C16H27ClN2O2/c1-16(2,19(3)4)12-18-9-14(20)11-21-10-13-7-5-6-8-15(13)17/h5-8,14,18,20H,9-12H2,1-4H3. The Labute approximate surface area is 133 Å². The summed E-state index contributed by atoms with van der Waals surface area (Å²) in [6.07, 6.45) is -0.523. The summed E-state index contributed by atoms with van der Waals surface area (Å²) in [6.45, 7) is 6.34. The van der Waals surface area contributed by atoms with Crippen LogP contribution >= 0.6 is 11.6 Å². The van der Waals surface area contributed by atoms with Crippen molar-refractivity contribution in [1.82, 2.24) is 10.2 Å². The number of likely N-dealkylation sites (N-methyl/N-ethyl adjacent to an activating group) is 1. The lowest BCUT2D eigenvalue weighted by molar-refractivity contribution is 0.0273. The Balaban J connectivity index is 2.20. The van der Waals surface area contributed by atoms with E-state index in [9.17, 15) is 5.11 Å². The van der Waals surface area contributed by atoms with Gasteiger partial charge in [-0.1, -0.05) is 29.8 Å². The van der Waals surface area contributed by atoms with Gasteiger partial charge in [0.1, 0.15) is 0 Å². The number of nitrogens with one attached hydrogen (secondary N) is 1. The minimum Gasteiger partial charge on any atom is -0.389 e. The minimum atomic E-state index is -0.523. The Kier molecular flexibility index (Phi) is 7.63. The molecule has 4 nitrogen and oxygen atoms in total. The van der Waals surface area contributed by atoms with E-state index in [4.69, 9.17) is 16.3 Å². The number of ether oxygens (including phenoxy) is 1. The second-order valence-corrected chi connectivity index (χ2v) is 6.51. The van der Waals surface area contributed by atoms with Crippen molar-refractivity contribution in [3.05, 3.63) is 34.9 Å². The maximum Gasteiger partial charge on any atom is 0.0897 e. The van der Waals surface area contributed by atoms with E-state index in [1.807, 2.05) is 38.4 Å². The van der Waals surface area contributed by atoms with Crippen LogP contribution < -0.4 is 5.32 Å². The zero-order valence-electron chi connectivity index (χ0n) is 13.4. The first-order valence-corrected chi connectivity index (χ1v) is 7.58. The molecule has 21 heavy (non-hydrogen) atoms. The van der Waals surface area contributed by atoms with Gasteiger partial charge in [-0.15, -0.1) is 0 Å². The predicted molar refractivity (Wildman–Crippen MR) is 87.8 cm³/mol. The van der Waals surface area contributed by atoms with Crippen molar-refractivity contribution in [2.75, 3.05) is 33.8 Å². The molecule has 0 aliphatic carbocycles. The number of nitrogens with zero attached hydrogens (tertiary/aromatic N) is 1. The van der Waals surface area contributed by atoms with Gasteiger partial charge in [0.15, 0.2) is 0 Å². The number of aliphatic hydroxyl groups is 1. The molecule has 2 N–H and O–H groups in total. The highest BCUT2D eigenvalue weighted by Gasteiger charge is 2.19. The second-order valence-electron chi connectivity index (χ2n) is 6.10. The average Bonchev–Trinajstić information content (AvgIpc) is 2.40. The summed E-state index contributed by atoms with van der Waals surface area (Å²) in [6, 6.07) is 7.57. The van der Waals surface area contributed by atoms with Crippen LogP contribution in [0.25, 0.3) is 0 Å². The Bertz CT molecular complexity index is 424. The first-order chi connectivity index (χ1) is 9.83. The minimum absolute atomic E-state index is 0.0537. The van der Waals surface area contributed by atoms with Gasteiger partial charge in [0.2, 0.25) is 0 Å². The Morgan fingerprint density at radius 3 is 2.62 bits per heavy atom. The highest BCUT2D eigenvalue weighted by Crippen LogP contribution is 2.15. The molecule has 1 rings (SSSR count). The number of aliphatic hydroxyl groups excluding tert-OH is 1. The van der Waals surface area contributed by atoms with E-state index in [2.05, 4.69) is 24.1 Å². The van der Waals surface area contributed by atoms with Gasteiger partial charge in [-0.05, 0) is 39.6 Å². The number of hydrogen-bond donors (Lipinski definition) is 2. The summed E-state index contributed by atoms with van der Waals surface area (Å²) in [5.41, 5.74) is 0.992. The first kappa shape index (κ1) is 18.4. The van der Waals surface area contributed by atoms with Gasteiger partial charge in [0.25, 0.3) is 0 Å². The van der Waals surface area contributed by atoms with Crippen molar-refractivity contribution < 1.29 is 9.84 Å². The van der Waals surface area contributed by atoms with Gasteiger partial charge >= 0.3 is 0 Å². The Hall–Kier alpha value is -0.650. The number of halogens is 1. The van der Waals surface area contributed by atoms with Gasteiger partial charge in [-0.3, -0.25) is 0 Å². The van der Waals surface area contributed by atoms with Gasteiger partial charge in [0, 0.05) is 23.7 Å². The summed E-state index contributed by atoms with van der Waals surface area (Å²) >= 11 is 6.04. The Morgan fingerprint density at radius 2 is 2.00 bits per heavy atom. The molecule has 1 atom stereocenters. The topological polar surface area (TPSA) is 44.7 Å². The SMILES string of the molecule is CN(C)C(C)(C)CNCC(O)COCc1ccccc1Cl. The molecular weight excluding hydrogens is 288 g/mol. The fourth-order valence-corrected chi connectivity index (χ4v) is 1.87. The lowest BCUT2D eigenvalue weighted by Gasteiger charge is -2.33. The average molecular weight is 315 g/mol. The molecular formula is C16H27ClN2O2. The summed E-state index contributed by atoms with van der Waals surface area (Å²) in [7, 11) is 4.09. The van der Waals surface area contributed by atoms with Crippen molar-refractivity contribution in [2.24, 2.45) is 0 Å². The van der Waals surface area contributed by atoms with Crippen LogP contribution in [0.4, 0.5) is 0 Å². The Morgan fingerprint density at radius 1 is 1.33 bits per heavy atom. The molecule has 0 saturated heterocycles. The summed E-state index contributed by atoms with van der Waals surface area (Å²) in [5, 5.41) is 13.9. The summed E-state index contributed by atoms with van der Waals surface area (Å²) in [4.78, 5) is 2.15. The van der Waals surface area contributed by atoms with Gasteiger partial charge in [-0.2, -0.15) is 0 Å². The quantitative estimate of drug-likeness (QED) is 0.733. The van der Waals surface area contributed by atoms with Crippen molar-refractivity contribution in [1.29, 1.82) is 0 Å². The van der Waals surface area contributed by atoms with Crippen LogP contribution in [-0.2, 0) is 11.3 Å². The molecule has 0 aliphatic rings. The van der Waals surface area contributed by atoms with Crippen LogP contribution in [0.1, 0.15) is 19.4 Å². The zero-order valence-corrected chi connectivity index (χ0v) is 14.2. The molecule has 0 spiro atoms. The van der Waals surface area contributed by atoms with E-state index in [-0.39, 0.29) is 5.54 Å². The zero-order chi connectivity index (χ0) is 15.9. The van der Waals surface area contributed by atoms with Crippen molar-refractivity contribution in [3.63, 3.8) is 0 Å². The van der Waals surface area contributed by atoms with Crippen LogP contribution in [-0.4, -0.2) is 55.4 Å². The van der Waals surface area contributed by atoms with Crippen molar-refractivity contribution in [2.45, 2.75) is 32.1 Å². The molecule has 5 heteroatoms. The molecule has 0 bridgehead atoms. The van der Waals surface area contributed by atoms with E-state index in [1.165, 1.54) is 0 Å². The third kappa shape index (κ3) is 6.76. The van der Waals surface area contributed by atoms with Gasteiger partial charge in [-0.25, -0.2) is 0 Å². The molecule has 0 heterocycles. The number of benzene rings is 1. The molecule has 0 saturated carbocycles. The van der Waals surface area contributed by atoms with E-state index in [0.29, 0.717) is 24.8 Å². The molecule has 0 aromatic heterocycles. The molecule has 0 fully saturated rings. The fraction of sp³-hybridized carbons (Fsp3) is 0.625. The third-order valence-corrected chi connectivity index (χ3v) is 4.04. The highest BCUT2D eigenvalue weighted by molar-refractivity contribution is 6.31. The van der Waals surface area contributed by atoms with Crippen LogP contribution in [0, 0.1) is 0 Å². The monoisotopic (exact) mass is 314 g/mol. The predicted octanol–water partition coefficient (Wildman–Crippen LogP) is 2.15. The van der Waals surface area contributed by atoms with E-state index >= 15 is 0 Å². The molecule has 0 amide bonds. The van der Waals surface area contributed by atoms with Crippen LogP contribution in [0.2, 0.25) is 5.02 Å². The maximum atomic E-state index is 9.90. The number of rotatable bonds is 9. The van der Waals surface area contributed by atoms with E-state index < -0.39 is 6.10 Å². The van der Waals surface area contributed by atoms with E-state index in [1.54, 1.807) is 0 Å². The molecule has 1 unspecified atom stereocenters. The van der Waals surface area contributed by atoms with Crippen molar-refractivity contribution >= 4 is 11.6 Å². The third-order valence-electron chi connectivity index (χ3n) is 3.67. The van der Waals surface area contributed by atoms with Crippen LogP contribution in [0.3, 0.4) is 0 Å². The maximum absolute atomic E-state index is 9.90. The number of hydrogen-bond acceptors (Lipinski definition) is 4. The van der Waals surface area contributed by atoms with Gasteiger partial charge in [0.05, 0.1) is 19.3 Å². The fourth-order valence-electron chi connectivity index (χ4n) is 1.68. The lowest BCUT2D eigenvalue weighted by Crippen LogP contribution is -2.48. The molecule has 0 aliphatic heterocycles. The molecule has 0 radical (unpaired) electrons. The highest BCUT2D eigenvalue weighted by atomic mass is 35.5. The molecule has 1 aromatic carbocycles. The lowest BCUT2D eigenvalue weighted by atomic mass is 10.0. The summed E-state index contributed by atoms with van der Waals surface area (Å²) in [5.74, 6) is 0. The second kappa shape index (κ2) is 8.71. The smallest absolute Gasteiger partial charge is 0.0897 e.